The monoisotopic (exact) mass is 295 g/mol. The van der Waals surface area contributed by atoms with Crippen LogP contribution >= 0.6 is 15.9 Å². The lowest BCUT2D eigenvalue weighted by molar-refractivity contribution is 0.302. The molecule has 1 aliphatic carbocycles. The summed E-state index contributed by atoms with van der Waals surface area (Å²) in [6.45, 7) is 1.64. The zero-order valence-corrected chi connectivity index (χ0v) is 11.4. The summed E-state index contributed by atoms with van der Waals surface area (Å²) in [5.41, 5.74) is 0. The van der Waals surface area contributed by atoms with Gasteiger partial charge in [0.05, 0.1) is 0 Å². The minimum Gasteiger partial charge on any atom is -0.492 e. The van der Waals surface area contributed by atoms with E-state index >= 15 is 0 Å². The lowest BCUT2D eigenvalue weighted by Gasteiger charge is -2.19. The first-order valence-electron chi connectivity index (χ1n) is 6.11. The van der Waals surface area contributed by atoms with Crippen LogP contribution in [0.3, 0.4) is 0 Å². The van der Waals surface area contributed by atoms with Crippen LogP contribution in [-0.4, -0.2) is 19.2 Å². The third-order valence-corrected chi connectivity index (χ3v) is 3.42. The van der Waals surface area contributed by atoms with E-state index in [4.69, 9.17) is 4.74 Å². The lowest BCUT2D eigenvalue weighted by Crippen LogP contribution is -2.33. The van der Waals surface area contributed by atoms with Crippen LogP contribution in [-0.2, 0) is 0 Å². The van der Waals surface area contributed by atoms with Gasteiger partial charge in [-0.3, -0.25) is 0 Å². The molecule has 92 valence electrons. The zero-order chi connectivity index (χ0) is 11.9. The first kappa shape index (κ1) is 12.7. The number of allylic oxidation sites excluding steroid dienone is 1. The quantitative estimate of drug-likeness (QED) is 0.663. The van der Waals surface area contributed by atoms with Crippen LogP contribution in [0.4, 0.5) is 0 Å². The maximum Gasteiger partial charge on any atom is 0.119 e. The smallest absolute Gasteiger partial charge is 0.119 e. The summed E-state index contributed by atoms with van der Waals surface area (Å²) in [5, 5.41) is 3.52. The third kappa shape index (κ3) is 4.52. The maximum absolute atomic E-state index is 5.65. The van der Waals surface area contributed by atoms with Crippen LogP contribution in [0.25, 0.3) is 0 Å². The molecule has 0 heterocycles. The van der Waals surface area contributed by atoms with E-state index in [-0.39, 0.29) is 0 Å². The summed E-state index contributed by atoms with van der Waals surface area (Å²) in [4.78, 5) is 0. The summed E-state index contributed by atoms with van der Waals surface area (Å²) >= 11 is 3.41. The molecule has 1 N–H and O–H groups in total. The molecule has 0 aliphatic heterocycles. The topological polar surface area (TPSA) is 21.3 Å². The van der Waals surface area contributed by atoms with E-state index in [1.54, 1.807) is 0 Å². The fourth-order valence-corrected chi connectivity index (χ4v) is 2.21. The molecule has 0 spiro atoms. The Morgan fingerprint density at radius 2 is 2.06 bits per heavy atom. The molecular weight excluding hydrogens is 278 g/mol. The van der Waals surface area contributed by atoms with Crippen molar-refractivity contribution in [3.63, 3.8) is 0 Å². The number of hydrogen-bond donors (Lipinski definition) is 1. The van der Waals surface area contributed by atoms with Crippen LogP contribution in [0, 0.1) is 0 Å². The van der Waals surface area contributed by atoms with Crippen molar-refractivity contribution in [2.45, 2.75) is 25.3 Å². The molecule has 0 fully saturated rings. The molecule has 1 unspecified atom stereocenters. The molecule has 0 saturated heterocycles. The highest BCUT2D eigenvalue weighted by molar-refractivity contribution is 9.10. The Hall–Kier alpha value is -0.800. The van der Waals surface area contributed by atoms with Crippen molar-refractivity contribution in [2.75, 3.05) is 13.2 Å². The van der Waals surface area contributed by atoms with E-state index in [1.807, 2.05) is 24.3 Å². The molecule has 2 rings (SSSR count). The van der Waals surface area contributed by atoms with Crippen LogP contribution < -0.4 is 10.1 Å². The molecule has 1 atom stereocenters. The van der Waals surface area contributed by atoms with Gasteiger partial charge in [-0.15, -0.1) is 0 Å². The Balaban J connectivity index is 1.62. The molecule has 17 heavy (non-hydrogen) atoms. The van der Waals surface area contributed by atoms with Gasteiger partial charge >= 0.3 is 0 Å². The second kappa shape index (κ2) is 6.82. The van der Waals surface area contributed by atoms with Gasteiger partial charge in [-0.2, -0.15) is 0 Å². The third-order valence-electron chi connectivity index (χ3n) is 2.89. The number of ether oxygens (including phenoxy) is 1. The lowest BCUT2D eigenvalue weighted by atomic mass is 10.0. The van der Waals surface area contributed by atoms with Gasteiger partial charge in [0, 0.05) is 17.1 Å². The minimum absolute atomic E-state index is 0.633. The van der Waals surface area contributed by atoms with Crippen molar-refractivity contribution in [2.24, 2.45) is 0 Å². The average molecular weight is 296 g/mol. The van der Waals surface area contributed by atoms with Gasteiger partial charge in [0.25, 0.3) is 0 Å². The highest BCUT2D eigenvalue weighted by Gasteiger charge is 2.07. The summed E-state index contributed by atoms with van der Waals surface area (Å²) in [6, 6.07) is 8.58. The minimum atomic E-state index is 0.633. The number of nitrogens with one attached hydrogen (secondary N) is 1. The molecule has 1 aromatic rings. The van der Waals surface area contributed by atoms with E-state index < -0.39 is 0 Å². The highest BCUT2D eigenvalue weighted by Crippen LogP contribution is 2.16. The molecule has 1 aromatic carbocycles. The van der Waals surface area contributed by atoms with Crippen molar-refractivity contribution < 1.29 is 4.74 Å². The molecule has 2 nitrogen and oxygen atoms in total. The molecule has 0 amide bonds. The van der Waals surface area contributed by atoms with E-state index in [0.29, 0.717) is 6.04 Å². The van der Waals surface area contributed by atoms with Gasteiger partial charge in [-0.1, -0.05) is 28.1 Å². The van der Waals surface area contributed by atoms with Gasteiger partial charge in [-0.05, 0) is 43.5 Å². The number of hydrogen-bond acceptors (Lipinski definition) is 2. The van der Waals surface area contributed by atoms with E-state index in [2.05, 4.69) is 33.4 Å². The molecule has 1 aliphatic rings. The fourth-order valence-electron chi connectivity index (χ4n) is 1.94. The van der Waals surface area contributed by atoms with Gasteiger partial charge in [0.15, 0.2) is 0 Å². The second-order valence-electron chi connectivity index (χ2n) is 4.24. The Morgan fingerprint density at radius 1 is 1.24 bits per heavy atom. The van der Waals surface area contributed by atoms with Crippen molar-refractivity contribution >= 4 is 15.9 Å². The van der Waals surface area contributed by atoms with Crippen molar-refractivity contribution in [3.8, 4) is 5.75 Å². The van der Waals surface area contributed by atoms with Crippen LogP contribution in [0.5, 0.6) is 5.75 Å². The zero-order valence-electron chi connectivity index (χ0n) is 9.86. The molecular formula is C14H18BrNO. The summed E-state index contributed by atoms with van der Waals surface area (Å²) in [7, 11) is 0. The van der Waals surface area contributed by atoms with Gasteiger partial charge in [0.2, 0.25) is 0 Å². The average Bonchev–Trinajstić information content (AvgIpc) is 2.38. The predicted molar refractivity (Wildman–Crippen MR) is 74.4 cm³/mol. The Labute approximate surface area is 111 Å². The number of benzene rings is 1. The second-order valence-corrected chi connectivity index (χ2v) is 5.15. The van der Waals surface area contributed by atoms with Crippen LogP contribution in [0.15, 0.2) is 40.9 Å². The SMILES string of the molecule is Brc1ccc(OCCNC2CC=CCC2)cc1. The molecule has 0 bridgehead atoms. The largest absolute Gasteiger partial charge is 0.492 e. The van der Waals surface area contributed by atoms with Crippen molar-refractivity contribution in [3.05, 3.63) is 40.9 Å². The Kier molecular flexibility index (Phi) is 5.08. The van der Waals surface area contributed by atoms with Crippen molar-refractivity contribution in [1.82, 2.24) is 5.32 Å². The summed E-state index contributed by atoms with van der Waals surface area (Å²) in [6.07, 6.45) is 8.12. The first-order valence-corrected chi connectivity index (χ1v) is 6.90. The Bertz CT molecular complexity index is 361. The predicted octanol–water partition coefficient (Wildman–Crippen LogP) is 3.53. The van der Waals surface area contributed by atoms with Crippen molar-refractivity contribution in [1.29, 1.82) is 0 Å². The van der Waals surface area contributed by atoms with Crippen LogP contribution in [0.1, 0.15) is 19.3 Å². The van der Waals surface area contributed by atoms with Gasteiger partial charge in [0.1, 0.15) is 12.4 Å². The molecule has 0 aromatic heterocycles. The van der Waals surface area contributed by atoms with E-state index in [0.717, 1.165) is 29.8 Å². The molecule has 0 saturated carbocycles. The number of rotatable bonds is 5. The van der Waals surface area contributed by atoms with Crippen LogP contribution in [0.2, 0.25) is 0 Å². The molecule has 0 radical (unpaired) electrons. The highest BCUT2D eigenvalue weighted by atomic mass is 79.9. The molecule has 3 heteroatoms. The fraction of sp³-hybridized carbons (Fsp3) is 0.429. The van der Waals surface area contributed by atoms with Gasteiger partial charge < -0.3 is 10.1 Å². The van der Waals surface area contributed by atoms with E-state index in [1.165, 1.54) is 12.8 Å². The van der Waals surface area contributed by atoms with E-state index in [9.17, 15) is 0 Å². The normalized spacial score (nSPS) is 19.2. The van der Waals surface area contributed by atoms with Gasteiger partial charge in [-0.25, -0.2) is 0 Å². The summed E-state index contributed by atoms with van der Waals surface area (Å²) < 4.78 is 6.73. The standard InChI is InChI=1S/C14H18BrNO/c15-12-6-8-14(9-7-12)17-11-10-16-13-4-2-1-3-5-13/h1-2,6-9,13,16H,3-5,10-11H2. The number of halogens is 1. The first-order chi connectivity index (χ1) is 8.34. The Morgan fingerprint density at radius 3 is 2.76 bits per heavy atom. The maximum atomic E-state index is 5.65. The summed E-state index contributed by atoms with van der Waals surface area (Å²) in [5.74, 6) is 0.929.